The number of hydrogen-bond donors (Lipinski definition) is 1. The third-order valence-corrected chi connectivity index (χ3v) is 2.40. The highest BCUT2D eigenvalue weighted by Crippen LogP contribution is 2.07. The molecule has 0 saturated heterocycles. The fourth-order valence-electron chi connectivity index (χ4n) is 1.45. The molecule has 0 spiro atoms. The standard InChI is InChI=1S/C13H15N3/c1-16(13-8-5-9-14-11-13)15-10-12-6-3-2-4-7-12/h2-9,11,15H,10H2,1H3. The lowest BCUT2D eigenvalue weighted by Crippen LogP contribution is -2.33. The van der Waals surface area contributed by atoms with Crippen LogP contribution < -0.4 is 10.4 Å². The van der Waals surface area contributed by atoms with Gasteiger partial charge in [0.2, 0.25) is 0 Å². The fourth-order valence-corrected chi connectivity index (χ4v) is 1.45. The van der Waals surface area contributed by atoms with Gasteiger partial charge in [0.15, 0.2) is 0 Å². The molecule has 2 aromatic rings. The topological polar surface area (TPSA) is 28.2 Å². The Morgan fingerprint density at radius 1 is 1.12 bits per heavy atom. The highest BCUT2D eigenvalue weighted by molar-refractivity contribution is 5.41. The predicted octanol–water partition coefficient (Wildman–Crippen LogP) is 2.22. The van der Waals surface area contributed by atoms with Crippen LogP contribution in [0.4, 0.5) is 5.69 Å². The highest BCUT2D eigenvalue weighted by atomic mass is 15.5. The molecule has 0 aliphatic rings. The lowest BCUT2D eigenvalue weighted by molar-refractivity contribution is 0.677. The third-order valence-electron chi connectivity index (χ3n) is 2.40. The Labute approximate surface area is 95.7 Å². The summed E-state index contributed by atoms with van der Waals surface area (Å²) in [6, 6.07) is 14.3. The third kappa shape index (κ3) is 2.81. The fraction of sp³-hybridized carbons (Fsp3) is 0.154. The maximum Gasteiger partial charge on any atom is 0.0699 e. The molecule has 0 atom stereocenters. The normalized spacial score (nSPS) is 10.1. The summed E-state index contributed by atoms with van der Waals surface area (Å²) in [6.45, 7) is 0.812. The summed E-state index contributed by atoms with van der Waals surface area (Å²) in [5.41, 5.74) is 5.62. The van der Waals surface area contributed by atoms with Gasteiger partial charge >= 0.3 is 0 Å². The second kappa shape index (κ2) is 5.28. The summed E-state index contributed by atoms with van der Waals surface area (Å²) < 4.78 is 0. The molecule has 0 fully saturated rings. The molecule has 0 saturated carbocycles. The van der Waals surface area contributed by atoms with Crippen molar-refractivity contribution in [3.05, 3.63) is 60.4 Å². The number of rotatable bonds is 4. The Balaban J connectivity index is 1.92. The number of anilines is 1. The average molecular weight is 213 g/mol. The van der Waals surface area contributed by atoms with Gasteiger partial charge in [0.05, 0.1) is 11.9 Å². The number of nitrogens with zero attached hydrogens (tertiary/aromatic N) is 2. The minimum atomic E-state index is 0.812. The molecule has 0 bridgehead atoms. The molecule has 0 radical (unpaired) electrons. The van der Waals surface area contributed by atoms with Crippen LogP contribution in [-0.2, 0) is 6.54 Å². The number of pyridine rings is 1. The largest absolute Gasteiger partial charge is 0.310 e. The first-order chi connectivity index (χ1) is 7.86. The predicted molar refractivity (Wildman–Crippen MR) is 65.9 cm³/mol. The van der Waals surface area contributed by atoms with Gasteiger partial charge in [0.1, 0.15) is 0 Å². The van der Waals surface area contributed by atoms with Crippen LogP contribution in [0.15, 0.2) is 54.9 Å². The van der Waals surface area contributed by atoms with Gasteiger partial charge in [-0.3, -0.25) is 4.98 Å². The number of nitrogens with one attached hydrogen (secondary N) is 1. The van der Waals surface area contributed by atoms with Crippen molar-refractivity contribution in [2.75, 3.05) is 12.1 Å². The van der Waals surface area contributed by atoms with E-state index in [-0.39, 0.29) is 0 Å². The van der Waals surface area contributed by atoms with Crippen molar-refractivity contribution in [1.82, 2.24) is 10.4 Å². The molecule has 3 nitrogen and oxygen atoms in total. The van der Waals surface area contributed by atoms with E-state index < -0.39 is 0 Å². The summed E-state index contributed by atoms with van der Waals surface area (Å²) in [5.74, 6) is 0. The maximum atomic E-state index is 4.08. The molecule has 0 amide bonds. The lowest BCUT2D eigenvalue weighted by atomic mass is 10.2. The van der Waals surface area contributed by atoms with Crippen LogP contribution in [0.1, 0.15) is 5.56 Å². The van der Waals surface area contributed by atoms with Crippen LogP contribution in [-0.4, -0.2) is 12.0 Å². The van der Waals surface area contributed by atoms with Crippen molar-refractivity contribution in [3.8, 4) is 0 Å². The van der Waals surface area contributed by atoms with Crippen molar-refractivity contribution < 1.29 is 0 Å². The molecular weight excluding hydrogens is 198 g/mol. The first-order valence-electron chi connectivity index (χ1n) is 5.27. The van der Waals surface area contributed by atoms with E-state index in [0.717, 1.165) is 12.2 Å². The zero-order valence-corrected chi connectivity index (χ0v) is 9.30. The quantitative estimate of drug-likeness (QED) is 0.789. The van der Waals surface area contributed by atoms with Gasteiger partial charge in [-0.25, -0.2) is 5.43 Å². The minimum absolute atomic E-state index is 0.812. The zero-order chi connectivity index (χ0) is 11.2. The van der Waals surface area contributed by atoms with E-state index in [1.165, 1.54) is 5.56 Å². The molecular formula is C13H15N3. The Morgan fingerprint density at radius 3 is 2.62 bits per heavy atom. The van der Waals surface area contributed by atoms with Crippen molar-refractivity contribution in [2.45, 2.75) is 6.54 Å². The van der Waals surface area contributed by atoms with Gasteiger partial charge in [-0.1, -0.05) is 30.3 Å². The lowest BCUT2D eigenvalue weighted by Gasteiger charge is -2.19. The summed E-state index contributed by atoms with van der Waals surface area (Å²) >= 11 is 0. The summed E-state index contributed by atoms with van der Waals surface area (Å²) in [5, 5.41) is 1.97. The van der Waals surface area contributed by atoms with E-state index in [2.05, 4.69) is 22.5 Å². The SMILES string of the molecule is CN(NCc1ccccc1)c1cccnc1. The maximum absolute atomic E-state index is 4.08. The van der Waals surface area contributed by atoms with Crippen molar-refractivity contribution in [2.24, 2.45) is 0 Å². The average Bonchev–Trinajstić information content (AvgIpc) is 2.38. The molecule has 2 rings (SSSR count). The van der Waals surface area contributed by atoms with Crippen LogP contribution >= 0.6 is 0 Å². The first kappa shape index (κ1) is 10.6. The molecule has 1 heterocycles. The molecule has 1 aromatic carbocycles. The van der Waals surface area contributed by atoms with Crippen LogP contribution in [0.3, 0.4) is 0 Å². The van der Waals surface area contributed by atoms with Crippen molar-refractivity contribution in [1.29, 1.82) is 0 Å². The molecule has 1 aromatic heterocycles. The first-order valence-corrected chi connectivity index (χ1v) is 5.27. The van der Waals surface area contributed by atoms with Crippen LogP contribution in [0.25, 0.3) is 0 Å². The van der Waals surface area contributed by atoms with Gasteiger partial charge in [-0.15, -0.1) is 0 Å². The number of benzene rings is 1. The van der Waals surface area contributed by atoms with Gasteiger partial charge in [-0.2, -0.15) is 0 Å². The van der Waals surface area contributed by atoms with E-state index >= 15 is 0 Å². The molecule has 0 aliphatic heterocycles. The van der Waals surface area contributed by atoms with E-state index in [1.807, 2.05) is 48.6 Å². The second-order valence-electron chi connectivity index (χ2n) is 3.59. The minimum Gasteiger partial charge on any atom is -0.310 e. The number of aromatic nitrogens is 1. The number of hydrazine groups is 1. The Hall–Kier alpha value is -1.87. The van der Waals surface area contributed by atoms with Crippen LogP contribution in [0.5, 0.6) is 0 Å². The van der Waals surface area contributed by atoms with Crippen LogP contribution in [0, 0.1) is 0 Å². The van der Waals surface area contributed by atoms with Crippen LogP contribution in [0.2, 0.25) is 0 Å². The smallest absolute Gasteiger partial charge is 0.0699 e. The Bertz CT molecular complexity index is 414. The second-order valence-corrected chi connectivity index (χ2v) is 3.59. The van der Waals surface area contributed by atoms with Gasteiger partial charge in [0, 0.05) is 19.8 Å². The Morgan fingerprint density at radius 2 is 1.94 bits per heavy atom. The summed E-state index contributed by atoms with van der Waals surface area (Å²) in [7, 11) is 1.99. The summed E-state index contributed by atoms with van der Waals surface area (Å²) in [6.07, 6.45) is 3.60. The molecule has 82 valence electrons. The van der Waals surface area contributed by atoms with Crippen molar-refractivity contribution in [3.63, 3.8) is 0 Å². The summed E-state index contributed by atoms with van der Waals surface area (Å²) in [4.78, 5) is 4.08. The van der Waals surface area contributed by atoms with Gasteiger partial charge in [0.25, 0.3) is 0 Å². The monoisotopic (exact) mass is 213 g/mol. The Kier molecular flexibility index (Phi) is 3.51. The molecule has 1 N–H and O–H groups in total. The molecule has 0 aliphatic carbocycles. The van der Waals surface area contributed by atoms with Crippen molar-refractivity contribution >= 4 is 5.69 Å². The molecule has 16 heavy (non-hydrogen) atoms. The van der Waals surface area contributed by atoms with E-state index in [4.69, 9.17) is 0 Å². The number of hydrogen-bond acceptors (Lipinski definition) is 3. The highest BCUT2D eigenvalue weighted by Gasteiger charge is 1.98. The van der Waals surface area contributed by atoms with E-state index in [9.17, 15) is 0 Å². The van der Waals surface area contributed by atoms with E-state index in [0.29, 0.717) is 0 Å². The van der Waals surface area contributed by atoms with Gasteiger partial charge in [-0.05, 0) is 17.7 Å². The molecule has 3 heteroatoms. The zero-order valence-electron chi connectivity index (χ0n) is 9.30. The van der Waals surface area contributed by atoms with Gasteiger partial charge < -0.3 is 5.01 Å². The van der Waals surface area contributed by atoms with E-state index in [1.54, 1.807) is 6.20 Å². The molecule has 0 unspecified atom stereocenters.